The van der Waals surface area contributed by atoms with E-state index in [1.54, 1.807) is 0 Å². The number of rotatable bonds is 4. The van der Waals surface area contributed by atoms with Crippen molar-refractivity contribution in [1.82, 2.24) is 5.32 Å². The lowest BCUT2D eigenvalue weighted by atomic mass is 9.93. The maximum Gasteiger partial charge on any atom is 0.120 e. The van der Waals surface area contributed by atoms with Crippen molar-refractivity contribution in [3.63, 3.8) is 0 Å². The van der Waals surface area contributed by atoms with Gasteiger partial charge in [0, 0.05) is 16.3 Å². The van der Waals surface area contributed by atoms with Crippen LogP contribution < -0.4 is 10.1 Å². The highest BCUT2D eigenvalue weighted by molar-refractivity contribution is 7.12. The summed E-state index contributed by atoms with van der Waals surface area (Å²) >= 11 is 1.88. The molecule has 3 aromatic rings. The molecular weight excluding hydrogens is 314 g/mol. The second kappa shape index (κ2) is 6.80. The second-order valence-electron chi connectivity index (χ2n) is 6.22. The van der Waals surface area contributed by atoms with E-state index in [2.05, 4.69) is 54.7 Å². The van der Waals surface area contributed by atoms with Gasteiger partial charge in [-0.05, 0) is 54.3 Å². The van der Waals surface area contributed by atoms with Gasteiger partial charge in [-0.15, -0.1) is 11.3 Å². The molecule has 0 amide bonds. The van der Waals surface area contributed by atoms with Gasteiger partial charge >= 0.3 is 0 Å². The van der Waals surface area contributed by atoms with E-state index in [9.17, 15) is 0 Å². The van der Waals surface area contributed by atoms with Crippen molar-refractivity contribution in [3.8, 4) is 5.75 Å². The van der Waals surface area contributed by atoms with Crippen LogP contribution in [0.15, 0.2) is 60.7 Å². The molecule has 4 rings (SSSR count). The summed E-state index contributed by atoms with van der Waals surface area (Å²) in [5, 5.41) is 3.65. The van der Waals surface area contributed by atoms with E-state index in [-0.39, 0.29) is 0 Å². The quantitative estimate of drug-likeness (QED) is 0.734. The summed E-state index contributed by atoms with van der Waals surface area (Å²) in [4.78, 5) is 2.76. The Kier molecular flexibility index (Phi) is 4.37. The summed E-state index contributed by atoms with van der Waals surface area (Å²) < 4.78 is 5.99. The Labute approximate surface area is 147 Å². The van der Waals surface area contributed by atoms with E-state index in [0.29, 0.717) is 12.6 Å². The topological polar surface area (TPSA) is 21.3 Å². The van der Waals surface area contributed by atoms with E-state index >= 15 is 0 Å². The zero-order valence-corrected chi connectivity index (χ0v) is 14.6. The second-order valence-corrected chi connectivity index (χ2v) is 7.54. The number of hydrogen-bond acceptors (Lipinski definition) is 3. The van der Waals surface area contributed by atoms with E-state index in [1.165, 1.54) is 26.4 Å². The first-order chi connectivity index (χ1) is 11.8. The van der Waals surface area contributed by atoms with Gasteiger partial charge in [0.05, 0.1) is 6.04 Å². The first-order valence-corrected chi connectivity index (χ1v) is 9.20. The highest BCUT2D eigenvalue weighted by Gasteiger charge is 2.22. The number of ether oxygens (including phenoxy) is 1. The Bertz CT molecular complexity index is 825. The van der Waals surface area contributed by atoms with Crippen LogP contribution in [0.3, 0.4) is 0 Å². The van der Waals surface area contributed by atoms with Crippen molar-refractivity contribution < 1.29 is 4.74 Å². The SMILES string of the molecule is Cc1ccc(C2NCCc3cc(OCc4ccccc4)ccc32)s1. The predicted molar refractivity (Wildman–Crippen MR) is 99.8 cm³/mol. The van der Waals surface area contributed by atoms with Gasteiger partial charge in [0.2, 0.25) is 0 Å². The third kappa shape index (κ3) is 3.23. The molecule has 0 saturated carbocycles. The number of aryl methyl sites for hydroxylation is 1. The Hall–Kier alpha value is -2.10. The highest BCUT2D eigenvalue weighted by Crippen LogP contribution is 2.34. The molecule has 0 spiro atoms. The monoisotopic (exact) mass is 335 g/mol. The lowest BCUT2D eigenvalue weighted by molar-refractivity contribution is 0.305. The van der Waals surface area contributed by atoms with Gasteiger partial charge in [0.15, 0.2) is 0 Å². The standard InChI is InChI=1S/C21H21NOS/c1-15-7-10-20(24-15)21-19-9-8-18(13-17(19)11-12-22-21)23-14-16-5-3-2-4-6-16/h2-10,13,21-22H,11-12,14H2,1H3. The Morgan fingerprint density at radius 3 is 2.75 bits per heavy atom. The summed E-state index contributed by atoms with van der Waals surface area (Å²) in [6.45, 7) is 3.79. The van der Waals surface area contributed by atoms with E-state index in [1.807, 2.05) is 29.5 Å². The summed E-state index contributed by atoms with van der Waals surface area (Å²) in [5.41, 5.74) is 3.98. The molecule has 122 valence electrons. The smallest absolute Gasteiger partial charge is 0.120 e. The first kappa shape index (κ1) is 15.4. The molecular formula is C21H21NOS. The zero-order chi connectivity index (χ0) is 16.4. The molecule has 0 aliphatic carbocycles. The van der Waals surface area contributed by atoms with Gasteiger partial charge < -0.3 is 10.1 Å². The molecule has 1 unspecified atom stereocenters. The fraction of sp³-hybridized carbons (Fsp3) is 0.238. The van der Waals surface area contributed by atoms with Gasteiger partial charge in [0.25, 0.3) is 0 Å². The van der Waals surface area contributed by atoms with Crippen molar-refractivity contribution >= 4 is 11.3 Å². The molecule has 1 aromatic heterocycles. The van der Waals surface area contributed by atoms with Crippen LogP contribution in [0.2, 0.25) is 0 Å². The highest BCUT2D eigenvalue weighted by atomic mass is 32.1. The zero-order valence-electron chi connectivity index (χ0n) is 13.8. The van der Waals surface area contributed by atoms with Crippen molar-refractivity contribution in [2.75, 3.05) is 6.54 Å². The minimum Gasteiger partial charge on any atom is -0.489 e. The maximum atomic E-state index is 5.99. The molecule has 0 saturated heterocycles. The van der Waals surface area contributed by atoms with Crippen molar-refractivity contribution in [2.45, 2.75) is 26.0 Å². The summed E-state index contributed by atoms with van der Waals surface area (Å²) in [5.74, 6) is 0.959. The molecule has 24 heavy (non-hydrogen) atoms. The number of nitrogens with one attached hydrogen (secondary N) is 1. The summed E-state index contributed by atoms with van der Waals surface area (Å²) in [6, 6.07) is 21.6. The van der Waals surface area contributed by atoms with E-state index in [4.69, 9.17) is 4.74 Å². The largest absolute Gasteiger partial charge is 0.489 e. The van der Waals surface area contributed by atoms with Crippen molar-refractivity contribution in [2.24, 2.45) is 0 Å². The molecule has 1 aliphatic rings. The first-order valence-electron chi connectivity index (χ1n) is 8.39. The van der Waals surface area contributed by atoms with Crippen LogP contribution in [0.1, 0.15) is 32.5 Å². The fourth-order valence-electron chi connectivity index (χ4n) is 3.23. The van der Waals surface area contributed by atoms with Gasteiger partial charge in [-0.3, -0.25) is 0 Å². The van der Waals surface area contributed by atoms with Crippen LogP contribution in [0.5, 0.6) is 5.75 Å². The molecule has 2 heterocycles. The third-order valence-corrected chi connectivity index (χ3v) is 5.53. The molecule has 0 fully saturated rings. The van der Waals surface area contributed by atoms with Gasteiger partial charge in [0.1, 0.15) is 12.4 Å². The molecule has 0 bridgehead atoms. The van der Waals surface area contributed by atoms with Gasteiger partial charge in [-0.25, -0.2) is 0 Å². The lowest BCUT2D eigenvalue weighted by Crippen LogP contribution is -2.30. The van der Waals surface area contributed by atoms with Crippen molar-refractivity contribution in [1.29, 1.82) is 0 Å². The Balaban J connectivity index is 1.54. The van der Waals surface area contributed by atoms with Gasteiger partial charge in [-0.2, -0.15) is 0 Å². The summed E-state index contributed by atoms with van der Waals surface area (Å²) in [6.07, 6.45) is 1.05. The van der Waals surface area contributed by atoms with Crippen LogP contribution in [-0.4, -0.2) is 6.54 Å². The number of benzene rings is 2. The van der Waals surface area contributed by atoms with E-state index in [0.717, 1.165) is 18.7 Å². The maximum absolute atomic E-state index is 5.99. The third-order valence-electron chi connectivity index (χ3n) is 4.46. The summed E-state index contributed by atoms with van der Waals surface area (Å²) in [7, 11) is 0. The Morgan fingerprint density at radius 1 is 1.08 bits per heavy atom. The fourth-order valence-corrected chi connectivity index (χ4v) is 4.21. The molecule has 1 N–H and O–H groups in total. The van der Waals surface area contributed by atoms with Crippen LogP contribution >= 0.6 is 11.3 Å². The lowest BCUT2D eigenvalue weighted by Gasteiger charge is -2.26. The normalized spacial score (nSPS) is 16.6. The minimum atomic E-state index is 0.315. The van der Waals surface area contributed by atoms with Crippen LogP contribution in [0.25, 0.3) is 0 Å². The van der Waals surface area contributed by atoms with Crippen molar-refractivity contribution in [3.05, 3.63) is 87.1 Å². The number of thiophene rings is 1. The molecule has 2 nitrogen and oxygen atoms in total. The predicted octanol–water partition coefficient (Wildman–Crippen LogP) is 4.87. The minimum absolute atomic E-state index is 0.315. The average molecular weight is 335 g/mol. The molecule has 3 heteroatoms. The van der Waals surface area contributed by atoms with E-state index < -0.39 is 0 Å². The average Bonchev–Trinajstić information content (AvgIpc) is 3.06. The van der Waals surface area contributed by atoms with Crippen LogP contribution in [0.4, 0.5) is 0 Å². The Morgan fingerprint density at radius 2 is 1.96 bits per heavy atom. The molecule has 0 radical (unpaired) electrons. The molecule has 2 aromatic carbocycles. The molecule has 1 aliphatic heterocycles. The molecule has 1 atom stereocenters. The van der Waals surface area contributed by atoms with Crippen LogP contribution in [-0.2, 0) is 13.0 Å². The number of hydrogen-bond donors (Lipinski definition) is 1. The van der Waals surface area contributed by atoms with Gasteiger partial charge in [-0.1, -0.05) is 36.4 Å². The van der Waals surface area contributed by atoms with Crippen LogP contribution in [0, 0.1) is 6.92 Å². The number of fused-ring (bicyclic) bond motifs is 1.